The molecule has 2 rings (SSSR count). The summed E-state index contributed by atoms with van der Waals surface area (Å²) in [7, 11) is 0. The van der Waals surface area contributed by atoms with Crippen LogP contribution in [-0.2, 0) is 11.3 Å². The van der Waals surface area contributed by atoms with Gasteiger partial charge < -0.3 is 5.32 Å². The van der Waals surface area contributed by atoms with Crippen molar-refractivity contribution < 1.29 is 13.6 Å². The van der Waals surface area contributed by atoms with Crippen molar-refractivity contribution in [1.29, 1.82) is 0 Å². The Bertz CT molecular complexity index is 511. The second kappa shape index (κ2) is 4.73. The van der Waals surface area contributed by atoms with Crippen LogP contribution in [-0.4, -0.2) is 12.1 Å². The van der Waals surface area contributed by atoms with Crippen LogP contribution in [0.4, 0.5) is 8.78 Å². The molecule has 0 atom stereocenters. The summed E-state index contributed by atoms with van der Waals surface area (Å²) in [4.78, 5) is 11.1. The lowest BCUT2D eigenvalue weighted by atomic mass is 10.2. The molecule has 0 unspecified atom stereocenters. The number of halogens is 2. The molecule has 2 N–H and O–H groups in total. The molecule has 0 bridgehead atoms. The number of nitrogens with one attached hydrogen (secondary N) is 2. The zero-order valence-electron chi connectivity index (χ0n) is 8.71. The number of hydrazone groups is 1. The SMILES string of the molecule is O=C1NN=CC1=CNCc1ccc(F)cc1F. The highest BCUT2D eigenvalue weighted by Gasteiger charge is 2.11. The molecule has 6 heteroatoms. The molecule has 1 amide bonds. The van der Waals surface area contributed by atoms with E-state index in [9.17, 15) is 13.6 Å². The molecule has 1 aliphatic rings. The van der Waals surface area contributed by atoms with Gasteiger partial charge in [0.25, 0.3) is 5.91 Å². The first-order valence-corrected chi connectivity index (χ1v) is 4.88. The Balaban J connectivity index is 1.98. The average Bonchev–Trinajstić information content (AvgIpc) is 2.68. The van der Waals surface area contributed by atoms with E-state index >= 15 is 0 Å². The second-order valence-electron chi connectivity index (χ2n) is 3.42. The topological polar surface area (TPSA) is 53.5 Å². The van der Waals surface area contributed by atoms with Gasteiger partial charge in [-0.25, -0.2) is 14.2 Å². The minimum atomic E-state index is -0.625. The molecule has 17 heavy (non-hydrogen) atoms. The molecule has 0 fully saturated rings. The van der Waals surface area contributed by atoms with E-state index in [4.69, 9.17) is 0 Å². The number of benzene rings is 1. The summed E-state index contributed by atoms with van der Waals surface area (Å²) >= 11 is 0. The van der Waals surface area contributed by atoms with Crippen molar-refractivity contribution in [3.05, 3.63) is 47.2 Å². The lowest BCUT2D eigenvalue weighted by molar-refractivity contribution is -0.116. The Morgan fingerprint density at radius 2 is 2.24 bits per heavy atom. The third-order valence-corrected chi connectivity index (χ3v) is 2.20. The van der Waals surface area contributed by atoms with Crippen molar-refractivity contribution in [1.82, 2.24) is 10.7 Å². The van der Waals surface area contributed by atoms with Crippen LogP contribution < -0.4 is 10.7 Å². The molecular formula is C11H9F2N3O. The van der Waals surface area contributed by atoms with Crippen molar-refractivity contribution in [2.45, 2.75) is 6.54 Å². The van der Waals surface area contributed by atoms with Gasteiger partial charge in [0.15, 0.2) is 0 Å². The van der Waals surface area contributed by atoms with E-state index in [1.807, 2.05) is 0 Å². The number of hydrogen-bond donors (Lipinski definition) is 2. The minimum absolute atomic E-state index is 0.163. The Labute approximate surface area is 96.0 Å². The van der Waals surface area contributed by atoms with Gasteiger partial charge in [-0.3, -0.25) is 4.79 Å². The van der Waals surface area contributed by atoms with Gasteiger partial charge in [0.2, 0.25) is 0 Å². The zero-order chi connectivity index (χ0) is 12.3. The average molecular weight is 237 g/mol. The van der Waals surface area contributed by atoms with Crippen LogP contribution in [0.3, 0.4) is 0 Å². The van der Waals surface area contributed by atoms with Crippen molar-refractivity contribution in [2.75, 3.05) is 0 Å². The van der Waals surface area contributed by atoms with E-state index in [0.29, 0.717) is 11.1 Å². The van der Waals surface area contributed by atoms with Gasteiger partial charge in [0.05, 0.1) is 11.8 Å². The van der Waals surface area contributed by atoms with Crippen LogP contribution in [0.15, 0.2) is 35.1 Å². The summed E-state index contributed by atoms with van der Waals surface area (Å²) in [6, 6.07) is 3.34. The number of hydrogen-bond acceptors (Lipinski definition) is 3. The van der Waals surface area contributed by atoms with Crippen LogP contribution in [0.25, 0.3) is 0 Å². The smallest absolute Gasteiger partial charge is 0.274 e. The van der Waals surface area contributed by atoms with Crippen LogP contribution in [0.2, 0.25) is 0 Å². The molecule has 4 nitrogen and oxygen atoms in total. The van der Waals surface area contributed by atoms with E-state index in [1.54, 1.807) is 0 Å². The van der Waals surface area contributed by atoms with Crippen molar-refractivity contribution in [3.8, 4) is 0 Å². The first-order valence-electron chi connectivity index (χ1n) is 4.88. The number of nitrogens with zero attached hydrogens (tertiary/aromatic N) is 1. The van der Waals surface area contributed by atoms with Crippen LogP contribution in [0.5, 0.6) is 0 Å². The van der Waals surface area contributed by atoms with E-state index < -0.39 is 11.6 Å². The predicted octanol–water partition coefficient (Wildman–Crippen LogP) is 1.05. The Morgan fingerprint density at radius 3 is 2.88 bits per heavy atom. The van der Waals surface area contributed by atoms with Crippen molar-refractivity contribution in [2.24, 2.45) is 5.10 Å². The normalized spacial score (nSPS) is 16.4. The molecule has 0 saturated heterocycles. The van der Waals surface area contributed by atoms with Gasteiger partial charge in [-0.05, 0) is 6.07 Å². The predicted molar refractivity (Wildman–Crippen MR) is 57.9 cm³/mol. The fourth-order valence-electron chi connectivity index (χ4n) is 1.32. The fraction of sp³-hybridized carbons (Fsp3) is 0.0909. The number of rotatable bonds is 3. The third kappa shape index (κ3) is 2.66. The maximum atomic E-state index is 13.2. The largest absolute Gasteiger partial charge is 0.386 e. The summed E-state index contributed by atoms with van der Waals surface area (Å²) in [6.45, 7) is 0.163. The van der Waals surface area contributed by atoms with E-state index in [0.717, 1.165) is 6.07 Å². The number of amides is 1. The van der Waals surface area contributed by atoms with Crippen LogP contribution in [0.1, 0.15) is 5.56 Å². The molecule has 1 heterocycles. The molecular weight excluding hydrogens is 228 g/mol. The standard InChI is InChI=1S/C11H9F2N3O/c12-9-2-1-7(10(13)3-9)4-14-5-8-6-15-16-11(8)17/h1-3,5-6,14H,4H2,(H,16,17). The first kappa shape index (κ1) is 11.3. The molecule has 1 aromatic rings. The summed E-state index contributed by atoms with van der Waals surface area (Å²) in [5, 5.41) is 6.30. The Hall–Kier alpha value is -2.24. The van der Waals surface area contributed by atoms with Gasteiger partial charge in [0.1, 0.15) is 11.6 Å². The van der Waals surface area contributed by atoms with Gasteiger partial charge >= 0.3 is 0 Å². The van der Waals surface area contributed by atoms with Crippen LogP contribution >= 0.6 is 0 Å². The third-order valence-electron chi connectivity index (χ3n) is 2.20. The summed E-state index contributed by atoms with van der Waals surface area (Å²) < 4.78 is 25.8. The van der Waals surface area contributed by atoms with Gasteiger partial charge in [-0.1, -0.05) is 6.07 Å². The highest BCUT2D eigenvalue weighted by atomic mass is 19.1. The molecule has 1 aliphatic heterocycles. The highest BCUT2D eigenvalue weighted by Crippen LogP contribution is 2.09. The first-order chi connectivity index (χ1) is 8.16. The monoisotopic (exact) mass is 237 g/mol. The van der Waals surface area contributed by atoms with Gasteiger partial charge in [0, 0.05) is 24.4 Å². The fourth-order valence-corrected chi connectivity index (χ4v) is 1.32. The molecule has 0 spiro atoms. The molecule has 0 aromatic heterocycles. The highest BCUT2D eigenvalue weighted by molar-refractivity contribution is 6.15. The second-order valence-corrected chi connectivity index (χ2v) is 3.42. The summed E-state index contributed by atoms with van der Waals surface area (Å²) in [6.07, 6.45) is 2.78. The van der Waals surface area contributed by atoms with E-state index in [-0.39, 0.29) is 12.5 Å². The maximum absolute atomic E-state index is 13.2. The van der Waals surface area contributed by atoms with Crippen LogP contribution in [0, 0.1) is 11.6 Å². The van der Waals surface area contributed by atoms with E-state index in [1.165, 1.54) is 24.5 Å². The molecule has 1 aromatic carbocycles. The number of carbonyl (C=O) groups is 1. The van der Waals surface area contributed by atoms with E-state index in [2.05, 4.69) is 15.8 Å². The molecule has 0 radical (unpaired) electrons. The van der Waals surface area contributed by atoms with Gasteiger partial charge in [-0.15, -0.1) is 0 Å². The molecule has 0 aliphatic carbocycles. The lowest BCUT2D eigenvalue weighted by Crippen LogP contribution is -2.15. The zero-order valence-corrected chi connectivity index (χ0v) is 8.71. The Morgan fingerprint density at radius 1 is 1.41 bits per heavy atom. The van der Waals surface area contributed by atoms with Gasteiger partial charge in [-0.2, -0.15) is 5.10 Å². The lowest BCUT2D eigenvalue weighted by Gasteiger charge is -2.03. The maximum Gasteiger partial charge on any atom is 0.274 e. The summed E-state index contributed by atoms with van der Waals surface area (Å²) in [5.74, 6) is -1.57. The quantitative estimate of drug-likeness (QED) is 0.772. The molecule has 88 valence electrons. The Kier molecular flexibility index (Phi) is 3.13. The minimum Gasteiger partial charge on any atom is -0.386 e. The van der Waals surface area contributed by atoms with Crippen molar-refractivity contribution >= 4 is 12.1 Å². The summed E-state index contributed by atoms with van der Waals surface area (Å²) in [5.41, 5.74) is 2.91. The molecule has 0 saturated carbocycles. The number of carbonyl (C=O) groups excluding carboxylic acids is 1. The van der Waals surface area contributed by atoms with Crippen molar-refractivity contribution in [3.63, 3.8) is 0 Å².